The number of primary amides is 1. The lowest BCUT2D eigenvalue weighted by Crippen LogP contribution is -3.00. The van der Waals surface area contributed by atoms with E-state index >= 15 is 0 Å². The molecule has 0 fully saturated rings. The van der Waals surface area contributed by atoms with Gasteiger partial charge in [0.25, 0.3) is 0 Å². The van der Waals surface area contributed by atoms with Crippen LogP contribution >= 0.6 is 0 Å². The summed E-state index contributed by atoms with van der Waals surface area (Å²) in [4.78, 5) is 10.7. The molecular formula is C15H33IN2O2. The Morgan fingerprint density at radius 1 is 0.900 bits per heavy atom. The SMILES string of the molecule is CCCC[N+](CCCC)(CCCC)CCOC(N)=O.[I-]. The Balaban J connectivity index is 0. The third-order valence-corrected chi connectivity index (χ3v) is 3.77. The van der Waals surface area contributed by atoms with Crippen molar-refractivity contribution < 1.29 is 38.0 Å². The molecule has 0 aliphatic carbocycles. The summed E-state index contributed by atoms with van der Waals surface area (Å²) in [6.45, 7) is 11.6. The Bertz CT molecular complexity index is 216. The molecule has 5 heteroatoms. The van der Waals surface area contributed by atoms with Gasteiger partial charge in [-0.05, 0) is 19.3 Å². The Morgan fingerprint density at radius 2 is 1.30 bits per heavy atom. The molecule has 0 aromatic carbocycles. The van der Waals surface area contributed by atoms with Gasteiger partial charge in [0.1, 0.15) is 13.2 Å². The molecule has 0 heterocycles. The summed E-state index contributed by atoms with van der Waals surface area (Å²) in [5, 5.41) is 0. The standard InChI is InChI=1S/C15H32N2O2.HI/c1-4-7-10-17(11-8-5-2,12-9-6-3)13-14-19-15(16)18;/h4-14H2,1-3H3,(H-,16,18);1H. The number of carbonyl (C=O) groups excluding carboxylic acids is 1. The number of halogens is 1. The van der Waals surface area contributed by atoms with Crippen LogP contribution in [0.3, 0.4) is 0 Å². The van der Waals surface area contributed by atoms with Crippen LogP contribution in [0.1, 0.15) is 59.3 Å². The number of amides is 1. The lowest BCUT2D eigenvalue weighted by Gasteiger charge is -2.39. The highest BCUT2D eigenvalue weighted by atomic mass is 127. The smallest absolute Gasteiger partial charge is 0.404 e. The zero-order chi connectivity index (χ0) is 14.6. The van der Waals surface area contributed by atoms with E-state index in [4.69, 9.17) is 10.5 Å². The summed E-state index contributed by atoms with van der Waals surface area (Å²) in [5.41, 5.74) is 5.05. The molecule has 0 aliphatic heterocycles. The van der Waals surface area contributed by atoms with Crippen LogP contribution in [0.2, 0.25) is 0 Å². The van der Waals surface area contributed by atoms with E-state index in [9.17, 15) is 4.79 Å². The number of rotatable bonds is 12. The fourth-order valence-corrected chi connectivity index (χ4v) is 2.49. The Labute approximate surface area is 142 Å². The fourth-order valence-electron chi connectivity index (χ4n) is 2.49. The molecule has 20 heavy (non-hydrogen) atoms. The summed E-state index contributed by atoms with van der Waals surface area (Å²) in [6.07, 6.45) is 6.72. The van der Waals surface area contributed by atoms with Crippen LogP contribution < -0.4 is 29.7 Å². The van der Waals surface area contributed by atoms with Crippen molar-refractivity contribution in [3.63, 3.8) is 0 Å². The Kier molecular flexibility index (Phi) is 15.5. The monoisotopic (exact) mass is 400 g/mol. The highest BCUT2D eigenvalue weighted by Crippen LogP contribution is 2.14. The zero-order valence-corrected chi connectivity index (χ0v) is 15.7. The largest absolute Gasteiger partial charge is 1.00 e. The van der Waals surface area contributed by atoms with Gasteiger partial charge in [0, 0.05) is 0 Å². The molecule has 0 aromatic rings. The predicted molar refractivity (Wildman–Crippen MR) is 80.0 cm³/mol. The summed E-state index contributed by atoms with van der Waals surface area (Å²) >= 11 is 0. The quantitative estimate of drug-likeness (QED) is 0.379. The number of hydrogen-bond donors (Lipinski definition) is 1. The van der Waals surface area contributed by atoms with E-state index in [1.807, 2.05) is 0 Å². The van der Waals surface area contributed by atoms with Gasteiger partial charge in [-0.3, -0.25) is 0 Å². The fraction of sp³-hybridized carbons (Fsp3) is 0.933. The van der Waals surface area contributed by atoms with Crippen molar-refractivity contribution in [1.29, 1.82) is 0 Å². The van der Waals surface area contributed by atoms with Crippen molar-refractivity contribution in [3.05, 3.63) is 0 Å². The van der Waals surface area contributed by atoms with Gasteiger partial charge >= 0.3 is 6.09 Å². The number of nitrogens with two attached hydrogens (primary N) is 1. The van der Waals surface area contributed by atoms with E-state index in [-0.39, 0.29) is 24.0 Å². The van der Waals surface area contributed by atoms with E-state index in [0.29, 0.717) is 6.61 Å². The maximum Gasteiger partial charge on any atom is 0.404 e. The third kappa shape index (κ3) is 10.7. The molecule has 0 aromatic heterocycles. The zero-order valence-electron chi connectivity index (χ0n) is 13.5. The van der Waals surface area contributed by atoms with Crippen molar-refractivity contribution in [2.45, 2.75) is 59.3 Å². The van der Waals surface area contributed by atoms with E-state index in [0.717, 1.165) is 11.0 Å². The van der Waals surface area contributed by atoms with Crippen molar-refractivity contribution in [1.82, 2.24) is 0 Å². The predicted octanol–water partition coefficient (Wildman–Crippen LogP) is 0.303. The molecule has 0 radical (unpaired) electrons. The maximum atomic E-state index is 10.7. The topological polar surface area (TPSA) is 52.3 Å². The molecule has 0 saturated carbocycles. The molecular weight excluding hydrogens is 367 g/mol. The number of ether oxygens (including phenoxy) is 1. The first kappa shape index (κ1) is 22.2. The minimum absolute atomic E-state index is 0. The minimum atomic E-state index is -0.653. The first-order valence-electron chi connectivity index (χ1n) is 7.87. The Hall–Kier alpha value is -0.0400. The van der Waals surface area contributed by atoms with Gasteiger partial charge in [0.2, 0.25) is 0 Å². The van der Waals surface area contributed by atoms with E-state index in [1.54, 1.807) is 0 Å². The number of nitrogens with zero attached hydrogens (tertiary/aromatic N) is 1. The molecule has 0 unspecified atom stereocenters. The molecule has 0 atom stereocenters. The van der Waals surface area contributed by atoms with Crippen molar-refractivity contribution in [3.8, 4) is 0 Å². The van der Waals surface area contributed by atoms with E-state index in [1.165, 1.54) is 58.2 Å². The second-order valence-corrected chi connectivity index (χ2v) is 5.46. The average Bonchev–Trinajstić information content (AvgIpc) is 2.39. The average molecular weight is 400 g/mol. The maximum absolute atomic E-state index is 10.7. The summed E-state index contributed by atoms with van der Waals surface area (Å²) in [5.74, 6) is 0. The molecule has 4 nitrogen and oxygen atoms in total. The van der Waals surface area contributed by atoms with Crippen LogP contribution in [0.5, 0.6) is 0 Å². The highest BCUT2D eigenvalue weighted by molar-refractivity contribution is 5.64. The van der Waals surface area contributed by atoms with Crippen LogP contribution in [0.15, 0.2) is 0 Å². The number of quaternary nitrogens is 1. The third-order valence-electron chi connectivity index (χ3n) is 3.77. The van der Waals surface area contributed by atoms with Gasteiger partial charge in [0.15, 0.2) is 0 Å². The lowest BCUT2D eigenvalue weighted by molar-refractivity contribution is -0.929. The number of unbranched alkanes of at least 4 members (excludes halogenated alkanes) is 3. The summed E-state index contributed by atoms with van der Waals surface area (Å²) in [6, 6.07) is 0. The van der Waals surface area contributed by atoms with Crippen molar-refractivity contribution >= 4 is 6.09 Å². The van der Waals surface area contributed by atoms with Gasteiger partial charge in [-0.1, -0.05) is 40.0 Å². The molecule has 1 amide bonds. The van der Waals surface area contributed by atoms with Crippen LogP contribution in [-0.2, 0) is 4.74 Å². The van der Waals surface area contributed by atoms with Gasteiger partial charge in [-0.15, -0.1) is 0 Å². The number of carbonyl (C=O) groups is 1. The van der Waals surface area contributed by atoms with Crippen molar-refractivity contribution in [2.75, 3.05) is 32.8 Å². The van der Waals surface area contributed by atoms with E-state index in [2.05, 4.69) is 20.8 Å². The van der Waals surface area contributed by atoms with Crippen LogP contribution in [0.4, 0.5) is 4.79 Å². The summed E-state index contributed by atoms with van der Waals surface area (Å²) in [7, 11) is 0. The molecule has 0 saturated heterocycles. The Morgan fingerprint density at radius 3 is 1.60 bits per heavy atom. The van der Waals surface area contributed by atoms with E-state index < -0.39 is 6.09 Å². The van der Waals surface area contributed by atoms with Gasteiger partial charge in [-0.2, -0.15) is 0 Å². The first-order chi connectivity index (χ1) is 9.10. The highest BCUT2D eigenvalue weighted by Gasteiger charge is 2.25. The van der Waals surface area contributed by atoms with Gasteiger partial charge in [0.05, 0.1) is 19.6 Å². The normalized spacial score (nSPS) is 10.9. The molecule has 0 rings (SSSR count). The molecule has 2 N–H and O–H groups in total. The van der Waals surface area contributed by atoms with Gasteiger partial charge < -0.3 is 38.9 Å². The molecule has 0 spiro atoms. The molecule has 122 valence electrons. The lowest BCUT2D eigenvalue weighted by atomic mass is 10.1. The van der Waals surface area contributed by atoms with Crippen LogP contribution in [-0.4, -0.2) is 43.4 Å². The van der Waals surface area contributed by atoms with Crippen molar-refractivity contribution in [2.24, 2.45) is 5.73 Å². The molecule has 0 bridgehead atoms. The van der Waals surface area contributed by atoms with Gasteiger partial charge in [-0.25, -0.2) is 4.79 Å². The second kappa shape index (κ2) is 13.9. The minimum Gasteiger partial charge on any atom is -1.00 e. The van der Waals surface area contributed by atoms with Crippen LogP contribution in [0.25, 0.3) is 0 Å². The van der Waals surface area contributed by atoms with Crippen LogP contribution in [0, 0.1) is 0 Å². The summed E-state index contributed by atoms with van der Waals surface area (Å²) < 4.78 is 6.05. The molecule has 0 aliphatic rings. The number of hydrogen-bond acceptors (Lipinski definition) is 2. The second-order valence-electron chi connectivity index (χ2n) is 5.46. The first-order valence-corrected chi connectivity index (χ1v) is 7.87.